The van der Waals surface area contributed by atoms with Gasteiger partial charge in [0.1, 0.15) is 5.82 Å². The predicted octanol–water partition coefficient (Wildman–Crippen LogP) is 2.27. The number of carbonyl (C=O) groups is 2. The fourth-order valence-corrected chi connectivity index (χ4v) is 2.41. The molecule has 0 saturated heterocycles. The van der Waals surface area contributed by atoms with Crippen molar-refractivity contribution in [2.45, 2.75) is 0 Å². The highest BCUT2D eigenvalue weighted by atomic mass is 19.1. The van der Waals surface area contributed by atoms with Crippen LogP contribution in [0.1, 0.15) is 10.5 Å². The fourth-order valence-electron chi connectivity index (χ4n) is 2.41. The topological polar surface area (TPSA) is 116 Å². The number of carbonyl (C=O) groups excluding carboxylic acids is 2. The van der Waals surface area contributed by atoms with E-state index in [1.54, 1.807) is 30.3 Å². The second kappa shape index (κ2) is 6.44. The standard InChI is InChI=1S/C17H14FN5O2/c18-12-5-1-3-10(7-12)11-4-2-6-13(8-11)23-9-14(21-17(20)25)15(22-23)16(19)24/h1-9H,(H2,19,24)(H3,20,21,25). The molecule has 0 aliphatic carbocycles. The molecule has 0 fully saturated rings. The molecule has 8 heteroatoms. The summed E-state index contributed by atoms with van der Waals surface area (Å²) < 4.78 is 14.8. The number of rotatable bonds is 4. The number of anilines is 1. The summed E-state index contributed by atoms with van der Waals surface area (Å²) >= 11 is 0. The fraction of sp³-hybridized carbons (Fsp3) is 0. The molecule has 3 aromatic rings. The first kappa shape index (κ1) is 16.2. The average Bonchev–Trinajstić information content (AvgIpc) is 2.98. The number of nitrogens with two attached hydrogens (primary N) is 2. The van der Waals surface area contributed by atoms with Crippen LogP contribution in [0.4, 0.5) is 14.9 Å². The van der Waals surface area contributed by atoms with Crippen LogP contribution in [0.3, 0.4) is 0 Å². The van der Waals surface area contributed by atoms with Gasteiger partial charge in [-0.3, -0.25) is 4.79 Å². The molecule has 0 bridgehead atoms. The van der Waals surface area contributed by atoms with Crippen molar-refractivity contribution in [3.8, 4) is 16.8 Å². The Bertz CT molecular complexity index is 967. The first-order valence-electron chi connectivity index (χ1n) is 7.26. The number of primary amides is 2. The van der Waals surface area contributed by atoms with E-state index in [0.717, 1.165) is 5.56 Å². The van der Waals surface area contributed by atoms with Crippen molar-refractivity contribution in [1.29, 1.82) is 0 Å². The van der Waals surface area contributed by atoms with Crippen molar-refractivity contribution in [3.05, 3.63) is 66.2 Å². The van der Waals surface area contributed by atoms with E-state index in [0.29, 0.717) is 11.3 Å². The molecule has 3 rings (SSSR count). The van der Waals surface area contributed by atoms with E-state index < -0.39 is 11.9 Å². The molecule has 3 amide bonds. The summed E-state index contributed by atoms with van der Waals surface area (Å²) in [4.78, 5) is 22.5. The minimum atomic E-state index is -0.837. The molecule has 7 nitrogen and oxygen atoms in total. The Balaban J connectivity index is 2.04. The zero-order chi connectivity index (χ0) is 18.0. The molecule has 126 valence electrons. The molecule has 5 N–H and O–H groups in total. The lowest BCUT2D eigenvalue weighted by atomic mass is 10.1. The summed E-state index contributed by atoms with van der Waals surface area (Å²) in [5, 5.41) is 6.39. The maximum atomic E-state index is 13.4. The van der Waals surface area contributed by atoms with E-state index in [-0.39, 0.29) is 17.2 Å². The SMILES string of the molecule is NC(=O)Nc1cn(-c2cccc(-c3cccc(F)c3)c2)nc1C(N)=O. The molecule has 0 aliphatic rings. The first-order chi connectivity index (χ1) is 11.9. The summed E-state index contributed by atoms with van der Waals surface area (Å²) in [6, 6.07) is 12.4. The maximum absolute atomic E-state index is 13.4. The number of aromatic nitrogens is 2. The minimum Gasteiger partial charge on any atom is -0.364 e. The number of urea groups is 1. The van der Waals surface area contributed by atoms with E-state index >= 15 is 0 Å². The maximum Gasteiger partial charge on any atom is 0.316 e. The zero-order valence-corrected chi connectivity index (χ0v) is 12.9. The number of hydrogen-bond acceptors (Lipinski definition) is 3. The third-order valence-corrected chi connectivity index (χ3v) is 3.47. The summed E-state index contributed by atoms with van der Waals surface area (Å²) in [5.41, 5.74) is 12.4. The van der Waals surface area contributed by atoms with Gasteiger partial charge in [0.2, 0.25) is 0 Å². The van der Waals surface area contributed by atoms with Crippen LogP contribution in [0.25, 0.3) is 16.8 Å². The Morgan fingerprint density at radius 3 is 2.36 bits per heavy atom. The molecule has 0 aliphatic heterocycles. The van der Waals surface area contributed by atoms with Gasteiger partial charge in [0.15, 0.2) is 5.69 Å². The van der Waals surface area contributed by atoms with Gasteiger partial charge in [-0.1, -0.05) is 24.3 Å². The second-order valence-corrected chi connectivity index (χ2v) is 5.25. The third kappa shape index (κ3) is 3.47. The Morgan fingerprint density at radius 1 is 1.04 bits per heavy atom. The Hall–Kier alpha value is -3.68. The molecule has 0 atom stereocenters. The van der Waals surface area contributed by atoms with Crippen LogP contribution in [0.15, 0.2) is 54.7 Å². The summed E-state index contributed by atoms with van der Waals surface area (Å²) in [6.07, 6.45) is 1.43. The number of halogens is 1. The number of nitrogens with zero attached hydrogens (tertiary/aromatic N) is 2. The highest BCUT2D eigenvalue weighted by Crippen LogP contribution is 2.24. The Morgan fingerprint density at radius 2 is 1.72 bits per heavy atom. The van der Waals surface area contributed by atoms with Gasteiger partial charge in [0.05, 0.1) is 17.6 Å². The smallest absolute Gasteiger partial charge is 0.316 e. The molecule has 0 saturated carbocycles. The normalized spacial score (nSPS) is 10.4. The molecule has 2 aromatic carbocycles. The zero-order valence-electron chi connectivity index (χ0n) is 12.9. The van der Waals surface area contributed by atoms with E-state index in [2.05, 4.69) is 10.4 Å². The largest absolute Gasteiger partial charge is 0.364 e. The highest BCUT2D eigenvalue weighted by molar-refractivity contribution is 6.00. The third-order valence-electron chi connectivity index (χ3n) is 3.47. The summed E-state index contributed by atoms with van der Waals surface area (Å²) in [6.45, 7) is 0. The van der Waals surface area contributed by atoms with Crippen LogP contribution in [0.2, 0.25) is 0 Å². The van der Waals surface area contributed by atoms with E-state index in [1.165, 1.54) is 23.0 Å². The Labute approximate surface area is 142 Å². The van der Waals surface area contributed by atoms with Gasteiger partial charge >= 0.3 is 6.03 Å². The van der Waals surface area contributed by atoms with Crippen LogP contribution < -0.4 is 16.8 Å². The van der Waals surface area contributed by atoms with Gasteiger partial charge in [0, 0.05) is 0 Å². The van der Waals surface area contributed by atoms with Crippen molar-refractivity contribution in [1.82, 2.24) is 9.78 Å². The van der Waals surface area contributed by atoms with Gasteiger partial charge in [-0.15, -0.1) is 0 Å². The highest BCUT2D eigenvalue weighted by Gasteiger charge is 2.16. The van der Waals surface area contributed by atoms with Crippen LogP contribution in [0.5, 0.6) is 0 Å². The number of benzene rings is 2. The molecule has 0 radical (unpaired) electrons. The number of hydrogen-bond donors (Lipinski definition) is 3. The molecular weight excluding hydrogens is 325 g/mol. The van der Waals surface area contributed by atoms with Crippen LogP contribution in [-0.4, -0.2) is 21.7 Å². The van der Waals surface area contributed by atoms with Crippen molar-refractivity contribution >= 4 is 17.6 Å². The molecular formula is C17H14FN5O2. The van der Waals surface area contributed by atoms with Crippen LogP contribution in [0, 0.1) is 5.82 Å². The van der Waals surface area contributed by atoms with Crippen LogP contribution in [-0.2, 0) is 0 Å². The van der Waals surface area contributed by atoms with Gasteiger partial charge in [-0.2, -0.15) is 5.10 Å². The first-order valence-corrected chi connectivity index (χ1v) is 7.26. The lowest BCUT2D eigenvalue weighted by Crippen LogP contribution is -2.22. The van der Waals surface area contributed by atoms with Crippen molar-refractivity contribution in [2.75, 3.05) is 5.32 Å². The average molecular weight is 339 g/mol. The van der Waals surface area contributed by atoms with Crippen LogP contribution >= 0.6 is 0 Å². The summed E-state index contributed by atoms with van der Waals surface area (Å²) in [7, 11) is 0. The number of nitrogens with one attached hydrogen (secondary N) is 1. The Kier molecular flexibility index (Phi) is 4.17. The van der Waals surface area contributed by atoms with Crippen molar-refractivity contribution < 1.29 is 14.0 Å². The quantitative estimate of drug-likeness (QED) is 0.677. The van der Waals surface area contributed by atoms with Gasteiger partial charge < -0.3 is 16.8 Å². The lowest BCUT2D eigenvalue weighted by molar-refractivity contribution is 0.0996. The predicted molar refractivity (Wildman–Crippen MR) is 90.7 cm³/mol. The lowest BCUT2D eigenvalue weighted by Gasteiger charge is -2.06. The van der Waals surface area contributed by atoms with Gasteiger partial charge in [0.25, 0.3) is 5.91 Å². The molecule has 1 heterocycles. The molecule has 0 unspecified atom stereocenters. The van der Waals surface area contributed by atoms with Crippen molar-refractivity contribution in [2.24, 2.45) is 11.5 Å². The van der Waals surface area contributed by atoms with Gasteiger partial charge in [-0.05, 0) is 35.4 Å². The molecule has 0 spiro atoms. The van der Waals surface area contributed by atoms with E-state index in [4.69, 9.17) is 11.5 Å². The second-order valence-electron chi connectivity index (χ2n) is 5.25. The molecule has 25 heavy (non-hydrogen) atoms. The number of amides is 3. The van der Waals surface area contributed by atoms with E-state index in [9.17, 15) is 14.0 Å². The monoisotopic (exact) mass is 339 g/mol. The minimum absolute atomic E-state index is 0.108. The van der Waals surface area contributed by atoms with E-state index in [1.807, 2.05) is 6.07 Å². The summed E-state index contributed by atoms with van der Waals surface area (Å²) in [5.74, 6) is -1.14. The van der Waals surface area contributed by atoms with Crippen molar-refractivity contribution in [3.63, 3.8) is 0 Å². The van der Waals surface area contributed by atoms with Gasteiger partial charge in [-0.25, -0.2) is 13.9 Å². The molecule has 1 aromatic heterocycles.